The molecule has 3 rings (SSSR count). The Morgan fingerprint density at radius 2 is 1.85 bits per heavy atom. The zero-order valence-electron chi connectivity index (χ0n) is 15.5. The van der Waals surface area contributed by atoms with Gasteiger partial charge in [0.2, 0.25) is 0 Å². The molecule has 5 heteroatoms. The van der Waals surface area contributed by atoms with Crippen LogP contribution in [0.15, 0.2) is 42.6 Å². The zero-order chi connectivity index (χ0) is 18.7. The van der Waals surface area contributed by atoms with Crippen LogP contribution in [0.4, 0.5) is 5.69 Å². The molecule has 2 aromatic rings. The Bertz CT molecular complexity index is 794. The third kappa shape index (κ3) is 4.10. The van der Waals surface area contributed by atoms with Crippen LogP contribution >= 0.6 is 0 Å². The molecule has 1 saturated heterocycles. The molecule has 0 bridgehead atoms. The van der Waals surface area contributed by atoms with Crippen LogP contribution in [0.3, 0.4) is 0 Å². The second-order valence-corrected chi connectivity index (χ2v) is 7.35. The van der Waals surface area contributed by atoms with Gasteiger partial charge in [-0.15, -0.1) is 0 Å². The Balaban J connectivity index is 1.79. The molecule has 1 N–H and O–H groups in total. The zero-order valence-corrected chi connectivity index (χ0v) is 15.5. The van der Waals surface area contributed by atoms with Crippen molar-refractivity contribution in [2.75, 3.05) is 18.4 Å². The number of aromatic nitrogens is 1. The molecule has 0 unspecified atom stereocenters. The highest BCUT2D eigenvalue weighted by Gasteiger charge is 2.26. The number of piperidine rings is 1. The summed E-state index contributed by atoms with van der Waals surface area (Å²) in [5.74, 6) is 0.767. The lowest BCUT2D eigenvalue weighted by Gasteiger charge is -2.35. The van der Waals surface area contributed by atoms with Crippen LogP contribution in [0.25, 0.3) is 0 Å². The van der Waals surface area contributed by atoms with Gasteiger partial charge in [0.1, 0.15) is 5.69 Å². The van der Waals surface area contributed by atoms with Crippen LogP contribution in [0.2, 0.25) is 0 Å². The molecule has 5 nitrogen and oxygen atoms in total. The SMILES string of the molecule is Cc1ccc(C(=O)N2C[C@H](C)C[C@@H](C)C2)cc1NC(=O)c1ccccn1. The molecule has 0 radical (unpaired) electrons. The average Bonchev–Trinajstić information content (AvgIpc) is 2.63. The van der Waals surface area contributed by atoms with Crippen molar-refractivity contribution in [3.63, 3.8) is 0 Å². The predicted octanol–water partition coefficient (Wildman–Crippen LogP) is 3.76. The number of amides is 2. The van der Waals surface area contributed by atoms with E-state index in [9.17, 15) is 9.59 Å². The minimum Gasteiger partial charge on any atom is -0.338 e. The average molecular weight is 351 g/mol. The lowest BCUT2D eigenvalue weighted by molar-refractivity contribution is 0.0623. The number of likely N-dealkylation sites (tertiary alicyclic amines) is 1. The standard InChI is InChI=1S/C21H25N3O2/c1-14-10-15(2)13-24(12-14)21(26)17-8-7-16(3)19(11-17)23-20(25)18-6-4-5-9-22-18/h4-9,11,14-15H,10,12-13H2,1-3H3,(H,23,25)/t14-,15-/m1/s1. The van der Waals surface area contributed by atoms with Gasteiger partial charge in [0.25, 0.3) is 11.8 Å². The topological polar surface area (TPSA) is 62.3 Å². The van der Waals surface area contributed by atoms with E-state index < -0.39 is 0 Å². The quantitative estimate of drug-likeness (QED) is 0.916. The molecular formula is C21H25N3O2. The first-order chi connectivity index (χ1) is 12.4. The first-order valence-electron chi connectivity index (χ1n) is 9.06. The third-order valence-electron chi connectivity index (χ3n) is 4.79. The van der Waals surface area contributed by atoms with E-state index in [0.717, 1.165) is 25.1 Å². The minimum atomic E-state index is -0.279. The predicted molar refractivity (Wildman–Crippen MR) is 102 cm³/mol. The van der Waals surface area contributed by atoms with E-state index in [1.54, 1.807) is 30.5 Å². The van der Waals surface area contributed by atoms with Crippen molar-refractivity contribution in [1.29, 1.82) is 0 Å². The number of pyridine rings is 1. The number of nitrogens with one attached hydrogen (secondary N) is 1. The fourth-order valence-corrected chi connectivity index (χ4v) is 3.58. The fourth-order valence-electron chi connectivity index (χ4n) is 3.58. The molecule has 26 heavy (non-hydrogen) atoms. The summed E-state index contributed by atoms with van der Waals surface area (Å²) in [7, 11) is 0. The molecule has 2 atom stereocenters. The molecule has 2 heterocycles. The van der Waals surface area contributed by atoms with Crippen LogP contribution in [0.1, 0.15) is 46.7 Å². The number of carbonyl (C=O) groups is 2. The Labute approximate surface area is 154 Å². The molecule has 1 fully saturated rings. The van der Waals surface area contributed by atoms with E-state index >= 15 is 0 Å². The van der Waals surface area contributed by atoms with E-state index in [2.05, 4.69) is 24.1 Å². The lowest BCUT2D eigenvalue weighted by Crippen LogP contribution is -2.42. The number of hydrogen-bond acceptors (Lipinski definition) is 3. The second-order valence-electron chi connectivity index (χ2n) is 7.35. The minimum absolute atomic E-state index is 0.0248. The van der Waals surface area contributed by atoms with Crippen LogP contribution in [-0.4, -0.2) is 34.8 Å². The van der Waals surface area contributed by atoms with Crippen molar-refractivity contribution in [2.45, 2.75) is 27.2 Å². The lowest BCUT2D eigenvalue weighted by atomic mass is 9.91. The molecule has 0 aliphatic carbocycles. The van der Waals surface area contributed by atoms with Crippen molar-refractivity contribution < 1.29 is 9.59 Å². The van der Waals surface area contributed by atoms with Crippen molar-refractivity contribution in [2.24, 2.45) is 11.8 Å². The van der Waals surface area contributed by atoms with Gasteiger partial charge in [-0.25, -0.2) is 0 Å². The Morgan fingerprint density at radius 1 is 1.12 bits per heavy atom. The van der Waals surface area contributed by atoms with E-state index in [-0.39, 0.29) is 11.8 Å². The van der Waals surface area contributed by atoms with Crippen molar-refractivity contribution in [3.05, 3.63) is 59.4 Å². The molecule has 2 amide bonds. The van der Waals surface area contributed by atoms with Crippen LogP contribution in [0, 0.1) is 18.8 Å². The summed E-state index contributed by atoms with van der Waals surface area (Å²) >= 11 is 0. The molecule has 0 saturated carbocycles. The molecule has 1 aliphatic rings. The van der Waals surface area contributed by atoms with Crippen LogP contribution in [0.5, 0.6) is 0 Å². The first kappa shape index (κ1) is 18.1. The number of rotatable bonds is 3. The summed E-state index contributed by atoms with van der Waals surface area (Å²) in [4.78, 5) is 31.3. The highest BCUT2D eigenvalue weighted by Crippen LogP contribution is 2.24. The Hall–Kier alpha value is -2.69. The smallest absolute Gasteiger partial charge is 0.274 e. The maximum atomic E-state index is 12.9. The van der Waals surface area contributed by atoms with Gasteiger partial charge in [0, 0.05) is 30.5 Å². The molecule has 136 valence electrons. The van der Waals surface area contributed by atoms with E-state index in [0.29, 0.717) is 28.8 Å². The highest BCUT2D eigenvalue weighted by atomic mass is 16.2. The number of benzene rings is 1. The summed E-state index contributed by atoms with van der Waals surface area (Å²) in [6.45, 7) is 7.85. The second kappa shape index (κ2) is 7.68. The van der Waals surface area contributed by atoms with Gasteiger partial charge in [-0.2, -0.15) is 0 Å². The van der Waals surface area contributed by atoms with Gasteiger partial charge in [-0.05, 0) is 55.0 Å². The van der Waals surface area contributed by atoms with Crippen molar-refractivity contribution >= 4 is 17.5 Å². The van der Waals surface area contributed by atoms with Gasteiger partial charge in [0.15, 0.2) is 0 Å². The number of anilines is 1. The number of hydrogen-bond donors (Lipinski definition) is 1. The first-order valence-corrected chi connectivity index (χ1v) is 9.06. The molecular weight excluding hydrogens is 326 g/mol. The van der Waals surface area contributed by atoms with E-state index in [1.165, 1.54) is 0 Å². The van der Waals surface area contributed by atoms with Gasteiger partial charge >= 0.3 is 0 Å². The molecule has 0 spiro atoms. The third-order valence-corrected chi connectivity index (χ3v) is 4.79. The summed E-state index contributed by atoms with van der Waals surface area (Å²) in [6, 6.07) is 10.7. The van der Waals surface area contributed by atoms with Gasteiger partial charge in [-0.3, -0.25) is 14.6 Å². The number of aryl methyl sites for hydroxylation is 1. The highest BCUT2D eigenvalue weighted by molar-refractivity contribution is 6.04. The van der Waals surface area contributed by atoms with Crippen LogP contribution < -0.4 is 5.32 Å². The summed E-state index contributed by atoms with van der Waals surface area (Å²) < 4.78 is 0. The summed E-state index contributed by atoms with van der Waals surface area (Å²) in [6.07, 6.45) is 2.74. The fraction of sp³-hybridized carbons (Fsp3) is 0.381. The van der Waals surface area contributed by atoms with Crippen molar-refractivity contribution in [3.8, 4) is 0 Å². The van der Waals surface area contributed by atoms with Crippen LogP contribution in [-0.2, 0) is 0 Å². The van der Waals surface area contributed by atoms with E-state index in [1.807, 2.05) is 24.0 Å². The largest absolute Gasteiger partial charge is 0.338 e. The number of nitrogens with zero attached hydrogens (tertiary/aromatic N) is 2. The Kier molecular flexibility index (Phi) is 5.35. The van der Waals surface area contributed by atoms with Gasteiger partial charge < -0.3 is 10.2 Å². The Morgan fingerprint density at radius 3 is 2.50 bits per heavy atom. The maximum Gasteiger partial charge on any atom is 0.274 e. The molecule has 1 aromatic carbocycles. The monoisotopic (exact) mass is 351 g/mol. The summed E-state index contributed by atoms with van der Waals surface area (Å²) in [5.41, 5.74) is 2.51. The molecule has 1 aliphatic heterocycles. The maximum absolute atomic E-state index is 12.9. The number of carbonyl (C=O) groups excluding carboxylic acids is 2. The summed E-state index contributed by atoms with van der Waals surface area (Å²) in [5, 5.41) is 2.87. The normalized spacial score (nSPS) is 19.9. The van der Waals surface area contributed by atoms with Crippen molar-refractivity contribution in [1.82, 2.24) is 9.88 Å². The molecule has 1 aromatic heterocycles. The van der Waals surface area contributed by atoms with Gasteiger partial charge in [0.05, 0.1) is 0 Å². The van der Waals surface area contributed by atoms with E-state index in [4.69, 9.17) is 0 Å². The van der Waals surface area contributed by atoms with Gasteiger partial charge in [-0.1, -0.05) is 26.0 Å².